The van der Waals surface area contributed by atoms with Crippen molar-refractivity contribution in [3.05, 3.63) is 63.3 Å². The third kappa shape index (κ3) is 2.72. The molecule has 0 saturated heterocycles. The number of aliphatic imine (C=N–C) groups is 1. The van der Waals surface area contributed by atoms with Gasteiger partial charge in [-0.25, -0.2) is 9.79 Å². The lowest BCUT2D eigenvalue weighted by atomic mass is 10.1. The molecular formula is C17H9Cl2NO4. The van der Waals surface area contributed by atoms with Gasteiger partial charge < -0.3 is 14.2 Å². The van der Waals surface area contributed by atoms with Crippen LogP contribution in [0.2, 0.25) is 10.0 Å². The lowest BCUT2D eigenvalue weighted by Crippen LogP contribution is -2.05. The molecule has 2 aliphatic heterocycles. The van der Waals surface area contributed by atoms with Crippen molar-refractivity contribution in [3.63, 3.8) is 0 Å². The zero-order chi connectivity index (χ0) is 16.7. The van der Waals surface area contributed by atoms with E-state index in [2.05, 4.69) is 4.99 Å². The maximum absolute atomic E-state index is 12.1. The second-order valence-electron chi connectivity index (χ2n) is 5.07. The van der Waals surface area contributed by atoms with E-state index in [1.807, 2.05) is 0 Å². The highest BCUT2D eigenvalue weighted by Gasteiger charge is 2.25. The van der Waals surface area contributed by atoms with Crippen LogP contribution >= 0.6 is 23.2 Å². The summed E-state index contributed by atoms with van der Waals surface area (Å²) in [7, 11) is 0. The molecule has 0 radical (unpaired) electrons. The number of cyclic esters (lactones) is 1. The fraction of sp³-hybridized carbons (Fsp3) is 0.0588. The minimum atomic E-state index is -0.557. The molecule has 2 aromatic carbocycles. The number of fused-ring (bicyclic) bond motifs is 1. The van der Waals surface area contributed by atoms with Crippen molar-refractivity contribution in [1.29, 1.82) is 0 Å². The summed E-state index contributed by atoms with van der Waals surface area (Å²) < 4.78 is 15.8. The van der Waals surface area contributed by atoms with Crippen molar-refractivity contribution in [1.82, 2.24) is 0 Å². The summed E-state index contributed by atoms with van der Waals surface area (Å²) in [6.45, 7) is 0.144. The van der Waals surface area contributed by atoms with Gasteiger partial charge in [0.2, 0.25) is 12.7 Å². The van der Waals surface area contributed by atoms with Gasteiger partial charge in [-0.05, 0) is 35.9 Å². The van der Waals surface area contributed by atoms with Gasteiger partial charge in [-0.1, -0.05) is 29.3 Å². The summed E-state index contributed by atoms with van der Waals surface area (Å²) in [5.41, 5.74) is 1.35. The highest BCUT2D eigenvalue weighted by atomic mass is 35.5. The van der Waals surface area contributed by atoms with Crippen LogP contribution in [-0.2, 0) is 9.53 Å². The van der Waals surface area contributed by atoms with E-state index in [1.54, 1.807) is 42.5 Å². The highest BCUT2D eigenvalue weighted by molar-refractivity contribution is 6.32. The monoisotopic (exact) mass is 361 g/mol. The average Bonchev–Trinajstić information content (AvgIpc) is 3.14. The number of esters is 1. The first kappa shape index (κ1) is 15.1. The van der Waals surface area contributed by atoms with E-state index >= 15 is 0 Å². The van der Waals surface area contributed by atoms with Crippen molar-refractivity contribution in [2.45, 2.75) is 0 Å². The van der Waals surface area contributed by atoms with Gasteiger partial charge in [-0.3, -0.25) is 0 Å². The summed E-state index contributed by atoms with van der Waals surface area (Å²) in [4.78, 5) is 16.3. The molecule has 0 atom stereocenters. The lowest BCUT2D eigenvalue weighted by molar-refractivity contribution is -0.129. The van der Waals surface area contributed by atoms with E-state index in [-0.39, 0.29) is 18.4 Å². The molecule has 0 amide bonds. The van der Waals surface area contributed by atoms with Crippen molar-refractivity contribution in [2.75, 3.05) is 6.79 Å². The molecule has 0 bridgehead atoms. The minimum absolute atomic E-state index is 0.144. The predicted octanol–water partition coefficient (Wildman–Crippen LogP) is 4.07. The molecule has 2 aliphatic rings. The third-order valence-electron chi connectivity index (χ3n) is 3.48. The van der Waals surface area contributed by atoms with Crippen LogP contribution in [0.3, 0.4) is 0 Å². The predicted molar refractivity (Wildman–Crippen MR) is 89.6 cm³/mol. The van der Waals surface area contributed by atoms with Gasteiger partial charge in [0, 0.05) is 16.7 Å². The lowest BCUT2D eigenvalue weighted by Gasteiger charge is -2.01. The molecule has 0 N–H and O–H groups in total. The van der Waals surface area contributed by atoms with Gasteiger partial charge in [-0.15, -0.1) is 0 Å². The summed E-state index contributed by atoms with van der Waals surface area (Å²) in [5, 5.41) is 0.952. The maximum Gasteiger partial charge on any atom is 0.363 e. The summed E-state index contributed by atoms with van der Waals surface area (Å²) in [5.74, 6) is 0.778. The third-order valence-corrected chi connectivity index (χ3v) is 4.04. The number of halogens is 2. The van der Waals surface area contributed by atoms with Crippen molar-refractivity contribution < 1.29 is 19.0 Å². The molecule has 24 heavy (non-hydrogen) atoms. The fourth-order valence-electron chi connectivity index (χ4n) is 2.34. The van der Waals surface area contributed by atoms with Crippen molar-refractivity contribution >= 4 is 41.1 Å². The van der Waals surface area contributed by atoms with E-state index in [0.717, 1.165) is 0 Å². The fourth-order valence-corrected chi connectivity index (χ4v) is 2.74. The first-order chi connectivity index (χ1) is 11.6. The average molecular weight is 362 g/mol. The Bertz CT molecular complexity index is 921. The SMILES string of the molecule is O=C1OC(c2cccc(Cl)c2)=N/C1=C/c1cc2c(cc1Cl)OCO2. The molecule has 0 fully saturated rings. The Balaban J connectivity index is 1.71. The molecule has 0 unspecified atom stereocenters. The maximum atomic E-state index is 12.1. The van der Waals surface area contributed by atoms with Crippen LogP contribution in [0.5, 0.6) is 11.5 Å². The van der Waals surface area contributed by atoms with Crippen LogP contribution in [0.1, 0.15) is 11.1 Å². The van der Waals surface area contributed by atoms with Crippen LogP contribution in [0, 0.1) is 0 Å². The van der Waals surface area contributed by atoms with Gasteiger partial charge in [-0.2, -0.15) is 0 Å². The van der Waals surface area contributed by atoms with E-state index in [0.29, 0.717) is 32.7 Å². The number of carbonyl (C=O) groups excluding carboxylic acids is 1. The number of rotatable bonds is 2. The number of nitrogens with zero attached hydrogens (tertiary/aromatic N) is 1. The van der Waals surface area contributed by atoms with Gasteiger partial charge in [0.15, 0.2) is 17.2 Å². The topological polar surface area (TPSA) is 57.1 Å². The highest BCUT2D eigenvalue weighted by Crippen LogP contribution is 2.38. The van der Waals surface area contributed by atoms with Gasteiger partial charge in [0.1, 0.15) is 0 Å². The smallest absolute Gasteiger partial charge is 0.363 e. The Morgan fingerprint density at radius 2 is 1.88 bits per heavy atom. The molecule has 2 aromatic rings. The standard InChI is InChI=1S/C17H9Cl2NO4/c18-11-3-1-2-9(4-11)16-20-13(17(21)24-16)5-10-6-14-15(7-12(10)19)23-8-22-14/h1-7H,8H2/b13-5+. The minimum Gasteiger partial charge on any atom is -0.454 e. The molecule has 4 rings (SSSR count). The first-order valence-corrected chi connectivity index (χ1v) is 7.73. The van der Waals surface area contributed by atoms with Crippen molar-refractivity contribution in [2.24, 2.45) is 4.99 Å². The largest absolute Gasteiger partial charge is 0.454 e. The first-order valence-electron chi connectivity index (χ1n) is 6.98. The molecular weight excluding hydrogens is 353 g/mol. The molecule has 0 aliphatic carbocycles. The van der Waals surface area contributed by atoms with Crippen LogP contribution in [0.25, 0.3) is 6.08 Å². The molecule has 2 heterocycles. The molecule has 0 spiro atoms. The Hall–Kier alpha value is -2.50. The number of hydrogen-bond donors (Lipinski definition) is 0. The van der Waals surface area contributed by atoms with Gasteiger partial charge in [0.25, 0.3) is 0 Å². The molecule has 0 saturated carbocycles. The molecule has 5 nitrogen and oxygen atoms in total. The Kier molecular flexibility index (Phi) is 3.67. The van der Waals surface area contributed by atoms with E-state index in [1.165, 1.54) is 0 Å². The Morgan fingerprint density at radius 1 is 1.08 bits per heavy atom. The number of hydrogen-bond acceptors (Lipinski definition) is 5. The van der Waals surface area contributed by atoms with Gasteiger partial charge in [0.05, 0.1) is 5.02 Å². The normalized spacial score (nSPS) is 17.2. The number of carbonyl (C=O) groups is 1. The second kappa shape index (κ2) is 5.85. The summed E-state index contributed by atoms with van der Waals surface area (Å²) in [6.07, 6.45) is 1.55. The van der Waals surface area contributed by atoms with Crippen molar-refractivity contribution in [3.8, 4) is 11.5 Å². The van der Waals surface area contributed by atoms with E-state index in [4.69, 9.17) is 37.4 Å². The Labute approximate surface area is 147 Å². The Morgan fingerprint density at radius 3 is 2.67 bits per heavy atom. The van der Waals surface area contributed by atoms with Crippen LogP contribution < -0.4 is 9.47 Å². The molecule has 0 aromatic heterocycles. The van der Waals surface area contributed by atoms with Gasteiger partial charge >= 0.3 is 5.97 Å². The summed E-state index contributed by atoms with van der Waals surface area (Å²) >= 11 is 12.2. The zero-order valence-corrected chi connectivity index (χ0v) is 13.6. The van der Waals surface area contributed by atoms with Crippen LogP contribution in [0.15, 0.2) is 47.1 Å². The number of ether oxygens (including phenoxy) is 3. The molecule has 120 valence electrons. The molecule has 7 heteroatoms. The number of benzene rings is 2. The van der Waals surface area contributed by atoms with E-state index < -0.39 is 5.97 Å². The quantitative estimate of drug-likeness (QED) is 0.597. The summed E-state index contributed by atoms with van der Waals surface area (Å²) in [6, 6.07) is 10.2. The van der Waals surface area contributed by atoms with Crippen LogP contribution in [0.4, 0.5) is 0 Å². The van der Waals surface area contributed by atoms with E-state index in [9.17, 15) is 4.79 Å². The second-order valence-corrected chi connectivity index (χ2v) is 5.92. The zero-order valence-electron chi connectivity index (χ0n) is 12.1. The van der Waals surface area contributed by atoms with Crippen LogP contribution in [-0.4, -0.2) is 18.7 Å².